The van der Waals surface area contributed by atoms with Crippen LogP contribution >= 0.6 is 11.6 Å². The number of phenols is 1. The second-order valence-electron chi connectivity index (χ2n) is 5.10. The molecule has 0 bridgehead atoms. The Morgan fingerprint density at radius 3 is 2.58 bits per heavy atom. The van der Waals surface area contributed by atoms with Gasteiger partial charge in [-0.2, -0.15) is 5.10 Å². The van der Waals surface area contributed by atoms with E-state index in [1.54, 1.807) is 6.92 Å². The second-order valence-corrected chi connectivity index (χ2v) is 7.55. The Balaban J connectivity index is 2.22. The van der Waals surface area contributed by atoms with E-state index in [9.17, 15) is 18.3 Å². The van der Waals surface area contributed by atoms with Crippen molar-refractivity contribution in [3.63, 3.8) is 0 Å². The molecule has 126 valence electrons. The number of nitrogens with one attached hydrogen (secondary N) is 1. The number of hydrogen-bond acceptors (Lipinski definition) is 5. The van der Waals surface area contributed by atoms with Crippen molar-refractivity contribution in [2.45, 2.75) is 11.8 Å². The monoisotopic (exact) mass is 366 g/mol. The van der Waals surface area contributed by atoms with Crippen molar-refractivity contribution in [2.75, 3.05) is 6.26 Å². The van der Waals surface area contributed by atoms with E-state index in [1.165, 1.54) is 42.5 Å². The van der Waals surface area contributed by atoms with Crippen molar-refractivity contribution in [1.29, 1.82) is 0 Å². The lowest BCUT2D eigenvalue weighted by Gasteiger charge is -2.06. The molecule has 8 heteroatoms. The number of aromatic hydroxyl groups is 1. The van der Waals surface area contributed by atoms with E-state index in [0.29, 0.717) is 16.3 Å². The van der Waals surface area contributed by atoms with Crippen LogP contribution in [0.5, 0.6) is 5.75 Å². The van der Waals surface area contributed by atoms with Crippen LogP contribution in [0.2, 0.25) is 5.02 Å². The maximum absolute atomic E-state index is 12.1. The second kappa shape index (κ2) is 7.02. The molecule has 0 unspecified atom stereocenters. The summed E-state index contributed by atoms with van der Waals surface area (Å²) in [5.74, 6) is -0.588. The first-order valence-corrected chi connectivity index (χ1v) is 9.09. The number of amides is 1. The lowest BCUT2D eigenvalue weighted by Crippen LogP contribution is -2.19. The van der Waals surface area contributed by atoms with Gasteiger partial charge < -0.3 is 5.11 Å². The molecule has 0 atom stereocenters. The first-order valence-electron chi connectivity index (χ1n) is 6.82. The van der Waals surface area contributed by atoms with Crippen molar-refractivity contribution in [2.24, 2.45) is 5.10 Å². The van der Waals surface area contributed by atoms with E-state index >= 15 is 0 Å². The fraction of sp³-hybridized carbons (Fsp3) is 0.125. The summed E-state index contributed by atoms with van der Waals surface area (Å²) < 4.78 is 23.1. The molecule has 0 aliphatic carbocycles. The number of carbonyl (C=O) groups excluding carboxylic acids is 1. The molecule has 2 rings (SSSR count). The Morgan fingerprint density at radius 2 is 1.92 bits per heavy atom. The van der Waals surface area contributed by atoms with E-state index in [-0.39, 0.29) is 16.2 Å². The summed E-state index contributed by atoms with van der Waals surface area (Å²) >= 11 is 5.87. The Hall–Kier alpha value is -2.38. The molecule has 2 N–H and O–H groups in total. The highest BCUT2D eigenvalue weighted by molar-refractivity contribution is 7.90. The van der Waals surface area contributed by atoms with E-state index in [4.69, 9.17) is 11.6 Å². The standard InChI is InChI=1S/C16H15ClN2O4S/c1-10(14-9-12(17)6-7-15(14)20)18-19-16(21)11-4-3-5-13(8-11)24(2,22)23/h3-9,20H,1-2H3,(H,19,21). The number of hydrogen-bond donors (Lipinski definition) is 2. The Morgan fingerprint density at radius 1 is 1.21 bits per heavy atom. The van der Waals surface area contributed by atoms with Gasteiger partial charge in [0.25, 0.3) is 5.91 Å². The third-order valence-corrected chi connectivity index (χ3v) is 4.54. The molecule has 0 aliphatic rings. The molecule has 2 aromatic rings. The number of rotatable bonds is 4. The fourth-order valence-corrected chi connectivity index (χ4v) is 2.76. The molecular weight excluding hydrogens is 352 g/mol. The number of benzene rings is 2. The van der Waals surface area contributed by atoms with Crippen LogP contribution in [-0.4, -0.2) is 31.4 Å². The number of halogens is 1. The van der Waals surface area contributed by atoms with Gasteiger partial charge in [0.1, 0.15) is 5.75 Å². The van der Waals surface area contributed by atoms with Crippen molar-refractivity contribution in [3.05, 3.63) is 58.6 Å². The lowest BCUT2D eigenvalue weighted by atomic mass is 10.1. The van der Waals surface area contributed by atoms with E-state index < -0.39 is 15.7 Å². The van der Waals surface area contributed by atoms with Crippen LogP contribution in [0.1, 0.15) is 22.8 Å². The molecule has 0 spiro atoms. The van der Waals surface area contributed by atoms with Crippen molar-refractivity contribution in [1.82, 2.24) is 5.43 Å². The van der Waals surface area contributed by atoms with E-state index in [0.717, 1.165) is 6.26 Å². The van der Waals surface area contributed by atoms with Crippen LogP contribution in [0.4, 0.5) is 0 Å². The summed E-state index contributed by atoms with van der Waals surface area (Å²) in [6.07, 6.45) is 1.06. The minimum Gasteiger partial charge on any atom is -0.507 e. The summed E-state index contributed by atoms with van der Waals surface area (Å²) in [4.78, 5) is 12.2. The molecule has 24 heavy (non-hydrogen) atoms. The van der Waals surface area contributed by atoms with Crippen molar-refractivity contribution < 1.29 is 18.3 Å². The molecular formula is C16H15ClN2O4S. The zero-order valence-corrected chi connectivity index (χ0v) is 14.5. The average Bonchev–Trinajstić information content (AvgIpc) is 2.54. The summed E-state index contributed by atoms with van der Waals surface area (Å²) in [5.41, 5.74) is 3.21. The molecule has 0 aromatic heterocycles. The number of phenolic OH excluding ortho intramolecular Hbond substituents is 1. The van der Waals surface area contributed by atoms with Gasteiger partial charge in [0.2, 0.25) is 0 Å². The summed E-state index contributed by atoms with van der Waals surface area (Å²) in [5, 5.41) is 14.1. The van der Waals surface area contributed by atoms with Gasteiger partial charge >= 0.3 is 0 Å². The normalized spacial score (nSPS) is 12.0. The van der Waals surface area contributed by atoms with Crippen LogP contribution in [0.15, 0.2) is 52.5 Å². The Labute approximate surface area is 144 Å². The summed E-state index contributed by atoms with van der Waals surface area (Å²) in [7, 11) is -3.41. The fourth-order valence-electron chi connectivity index (χ4n) is 1.93. The highest BCUT2D eigenvalue weighted by atomic mass is 35.5. The molecule has 0 saturated carbocycles. The molecule has 0 radical (unpaired) electrons. The van der Waals surface area contributed by atoms with Gasteiger partial charge in [-0.05, 0) is 43.3 Å². The van der Waals surface area contributed by atoms with Gasteiger partial charge in [0.05, 0.1) is 10.6 Å². The van der Waals surface area contributed by atoms with Gasteiger partial charge in [-0.3, -0.25) is 4.79 Å². The zero-order chi connectivity index (χ0) is 17.9. The van der Waals surface area contributed by atoms with E-state index in [1.807, 2.05) is 0 Å². The third kappa shape index (κ3) is 4.33. The highest BCUT2D eigenvalue weighted by Crippen LogP contribution is 2.22. The first kappa shape index (κ1) is 18.0. The third-order valence-electron chi connectivity index (χ3n) is 3.20. The SMILES string of the molecule is CC(=NNC(=O)c1cccc(S(C)(=O)=O)c1)c1cc(Cl)ccc1O. The number of carbonyl (C=O) groups is 1. The average molecular weight is 367 g/mol. The van der Waals surface area contributed by atoms with Crippen LogP contribution in [0, 0.1) is 0 Å². The molecule has 0 aliphatic heterocycles. The molecule has 0 saturated heterocycles. The largest absolute Gasteiger partial charge is 0.507 e. The topological polar surface area (TPSA) is 95.8 Å². The Kier molecular flexibility index (Phi) is 5.26. The van der Waals surface area contributed by atoms with Crippen molar-refractivity contribution >= 4 is 33.1 Å². The number of hydrazone groups is 1. The van der Waals surface area contributed by atoms with Crippen LogP contribution in [0.25, 0.3) is 0 Å². The molecule has 2 aromatic carbocycles. The van der Waals surface area contributed by atoms with Gasteiger partial charge in [-0.25, -0.2) is 13.8 Å². The summed E-state index contributed by atoms with van der Waals surface area (Å²) in [6, 6.07) is 10.1. The van der Waals surface area contributed by atoms with Crippen LogP contribution < -0.4 is 5.43 Å². The quantitative estimate of drug-likeness (QED) is 0.642. The predicted octanol–water partition coefficient (Wildman–Crippen LogP) is 2.60. The van der Waals surface area contributed by atoms with Gasteiger partial charge in [-0.15, -0.1) is 0 Å². The van der Waals surface area contributed by atoms with Gasteiger partial charge in [-0.1, -0.05) is 17.7 Å². The van der Waals surface area contributed by atoms with Gasteiger partial charge in [0.15, 0.2) is 9.84 Å². The van der Waals surface area contributed by atoms with Gasteiger partial charge in [0, 0.05) is 22.4 Å². The lowest BCUT2D eigenvalue weighted by molar-refractivity contribution is 0.0954. The molecule has 0 fully saturated rings. The molecule has 6 nitrogen and oxygen atoms in total. The van der Waals surface area contributed by atoms with Crippen molar-refractivity contribution in [3.8, 4) is 5.75 Å². The highest BCUT2D eigenvalue weighted by Gasteiger charge is 2.12. The summed E-state index contributed by atoms with van der Waals surface area (Å²) in [6.45, 7) is 1.60. The van der Waals surface area contributed by atoms with Crippen LogP contribution in [-0.2, 0) is 9.84 Å². The minimum absolute atomic E-state index is 0.0195. The predicted molar refractivity (Wildman–Crippen MR) is 92.3 cm³/mol. The smallest absolute Gasteiger partial charge is 0.271 e. The molecule has 1 amide bonds. The first-order chi connectivity index (χ1) is 11.2. The Bertz CT molecular complexity index is 923. The molecule has 0 heterocycles. The minimum atomic E-state index is -3.41. The maximum Gasteiger partial charge on any atom is 0.271 e. The maximum atomic E-state index is 12.1. The zero-order valence-electron chi connectivity index (χ0n) is 12.9. The van der Waals surface area contributed by atoms with E-state index in [2.05, 4.69) is 10.5 Å². The number of sulfone groups is 1. The number of nitrogens with zero attached hydrogens (tertiary/aromatic N) is 1. The van der Waals surface area contributed by atoms with Crippen LogP contribution in [0.3, 0.4) is 0 Å².